The lowest BCUT2D eigenvalue weighted by Gasteiger charge is -2.03. The molecular weight excluding hydrogens is 260 g/mol. The van der Waals surface area contributed by atoms with Gasteiger partial charge in [-0.25, -0.2) is 8.42 Å². The van der Waals surface area contributed by atoms with Gasteiger partial charge in [0, 0.05) is 18.2 Å². The molecule has 0 saturated carbocycles. The molecule has 2 rings (SSSR count). The van der Waals surface area contributed by atoms with Gasteiger partial charge in [0.1, 0.15) is 0 Å². The van der Waals surface area contributed by atoms with E-state index in [1.54, 1.807) is 12.1 Å². The van der Waals surface area contributed by atoms with Crippen LogP contribution in [0.3, 0.4) is 0 Å². The highest BCUT2D eigenvalue weighted by atomic mass is 32.2. The Balaban J connectivity index is 2.17. The number of benzene rings is 2. The minimum absolute atomic E-state index is 0.0220. The van der Waals surface area contributed by atoms with Gasteiger partial charge in [0.15, 0.2) is 15.6 Å². The van der Waals surface area contributed by atoms with Crippen molar-refractivity contribution in [3.8, 4) is 0 Å². The van der Waals surface area contributed by atoms with E-state index in [9.17, 15) is 13.2 Å². The molecule has 0 bridgehead atoms. The van der Waals surface area contributed by atoms with Gasteiger partial charge in [-0.15, -0.1) is 0 Å². The predicted octanol–water partition coefficient (Wildman–Crippen LogP) is 2.52. The Labute approximate surface area is 112 Å². The summed E-state index contributed by atoms with van der Waals surface area (Å²) in [5.74, 6) is -0.0220. The normalized spacial score (nSPS) is 11.2. The number of sulfone groups is 1. The molecule has 0 aliphatic carbocycles. The van der Waals surface area contributed by atoms with Gasteiger partial charge >= 0.3 is 0 Å². The minimum atomic E-state index is -3.22. The van der Waals surface area contributed by atoms with Crippen LogP contribution < -0.4 is 0 Å². The third-order valence-corrected chi connectivity index (χ3v) is 3.94. The molecule has 19 heavy (non-hydrogen) atoms. The van der Waals surface area contributed by atoms with Crippen LogP contribution in [-0.4, -0.2) is 20.5 Å². The van der Waals surface area contributed by atoms with Crippen molar-refractivity contribution in [2.75, 3.05) is 6.26 Å². The molecule has 2 aromatic carbocycles. The van der Waals surface area contributed by atoms with Gasteiger partial charge in [-0.2, -0.15) is 0 Å². The zero-order valence-corrected chi connectivity index (χ0v) is 11.4. The number of Topliss-reactive ketones (excluding diaryl/α,β-unsaturated/α-hetero) is 1. The van der Waals surface area contributed by atoms with E-state index >= 15 is 0 Å². The topological polar surface area (TPSA) is 51.2 Å². The molecule has 0 unspecified atom stereocenters. The molecule has 0 amide bonds. The molecule has 98 valence electrons. The monoisotopic (exact) mass is 274 g/mol. The molecule has 0 radical (unpaired) electrons. The minimum Gasteiger partial charge on any atom is -0.294 e. The molecule has 3 nitrogen and oxygen atoms in total. The average molecular weight is 274 g/mol. The highest BCUT2D eigenvalue weighted by Crippen LogP contribution is 2.12. The van der Waals surface area contributed by atoms with E-state index in [1.165, 1.54) is 12.1 Å². The van der Waals surface area contributed by atoms with Crippen molar-refractivity contribution in [3.05, 3.63) is 65.7 Å². The van der Waals surface area contributed by atoms with Crippen molar-refractivity contribution < 1.29 is 13.2 Å². The van der Waals surface area contributed by atoms with Crippen LogP contribution >= 0.6 is 0 Å². The Kier molecular flexibility index (Phi) is 3.81. The van der Waals surface area contributed by atoms with Gasteiger partial charge in [0.05, 0.1) is 4.90 Å². The Morgan fingerprint density at radius 1 is 0.947 bits per heavy atom. The van der Waals surface area contributed by atoms with Crippen molar-refractivity contribution in [2.45, 2.75) is 11.3 Å². The molecule has 0 aliphatic rings. The van der Waals surface area contributed by atoms with Crippen molar-refractivity contribution in [2.24, 2.45) is 0 Å². The van der Waals surface area contributed by atoms with Crippen molar-refractivity contribution in [1.82, 2.24) is 0 Å². The van der Waals surface area contributed by atoms with Gasteiger partial charge in [0.2, 0.25) is 0 Å². The van der Waals surface area contributed by atoms with Gasteiger partial charge in [-0.05, 0) is 17.7 Å². The van der Waals surface area contributed by atoms with E-state index in [-0.39, 0.29) is 10.7 Å². The molecule has 0 spiro atoms. The fourth-order valence-corrected chi connectivity index (χ4v) is 2.40. The maximum atomic E-state index is 12.0. The third-order valence-electron chi connectivity index (χ3n) is 2.81. The molecule has 4 heteroatoms. The molecule has 0 atom stereocenters. The SMILES string of the molecule is CS(=O)(=O)c1ccc(C(=O)Cc2ccccc2)cc1. The van der Waals surface area contributed by atoms with Crippen LogP contribution in [0, 0.1) is 0 Å². The molecular formula is C15H14O3S. The molecule has 0 aromatic heterocycles. The third kappa shape index (κ3) is 3.51. The molecule has 2 aromatic rings. The largest absolute Gasteiger partial charge is 0.294 e. The summed E-state index contributed by atoms with van der Waals surface area (Å²) in [7, 11) is -3.22. The lowest BCUT2D eigenvalue weighted by molar-refractivity contribution is 0.0993. The van der Waals surface area contributed by atoms with Crippen LogP contribution in [0.25, 0.3) is 0 Å². The summed E-state index contributed by atoms with van der Waals surface area (Å²) >= 11 is 0. The zero-order valence-electron chi connectivity index (χ0n) is 10.5. The first-order valence-electron chi connectivity index (χ1n) is 5.84. The fraction of sp³-hybridized carbons (Fsp3) is 0.133. The Hall–Kier alpha value is -1.94. The van der Waals surface area contributed by atoms with Gasteiger partial charge in [-0.1, -0.05) is 42.5 Å². The first-order valence-corrected chi connectivity index (χ1v) is 7.73. The zero-order chi connectivity index (χ0) is 13.9. The molecule has 0 fully saturated rings. The van der Waals surface area contributed by atoms with Gasteiger partial charge < -0.3 is 0 Å². The molecule has 0 N–H and O–H groups in total. The average Bonchev–Trinajstić information content (AvgIpc) is 2.39. The van der Waals surface area contributed by atoms with Crippen molar-refractivity contribution in [1.29, 1.82) is 0 Å². The van der Waals surface area contributed by atoms with Crippen LogP contribution in [-0.2, 0) is 16.3 Å². The first-order chi connectivity index (χ1) is 8.97. The predicted molar refractivity (Wildman–Crippen MR) is 74.0 cm³/mol. The highest BCUT2D eigenvalue weighted by molar-refractivity contribution is 7.90. The molecule has 0 aliphatic heterocycles. The molecule has 0 saturated heterocycles. The van der Waals surface area contributed by atoms with E-state index in [2.05, 4.69) is 0 Å². The van der Waals surface area contributed by atoms with Crippen LogP contribution in [0.1, 0.15) is 15.9 Å². The highest BCUT2D eigenvalue weighted by Gasteiger charge is 2.10. The summed E-state index contributed by atoms with van der Waals surface area (Å²) in [6.45, 7) is 0. The second-order valence-corrected chi connectivity index (χ2v) is 6.40. The van der Waals surface area contributed by atoms with Gasteiger partial charge in [-0.3, -0.25) is 4.79 Å². The number of carbonyl (C=O) groups excluding carboxylic acids is 1. The number of hydrogen-bond acceptors (Lipinski definition) is 3. The lowest BCUT2D eigenvalue weighted by Crippen LogP contribution is -2.04. The standard InChI is InChI=1S/C15H14O3S/c1-19(17,18)14-9-7-13(8-10-14)15(16)11-12-5-3-2-4-6-12/h2-10H,11H2,1H3. The number of hydrogen-bond donors (Lipinski definition) is 0. The summed E-state index contributed by atoms with van der Waals surface area (Å²) in [6.07, 6.45) is 1.47. The van der Waals surface area contributed by atoms with Crippen LogP contribution in [0.5, 0.6) is 0 Å². The van der Waals surface area contributed by atoms with E-state index in [1.807, 2.05) is 30.3 Å². The number of carbonyl (C=O) groups is 1. The van der Waals surface area contributed by atoms with Crippen LogP contribution in [0.4, 0.5) is 0 Å². The second-order valence-electron chi connectivity index (χ2n) is 4.38. The summed E-state index contributed by atoms with van der Waals surface area (Å²) in [6, 6.07) is 15.5. The maximum absolute atomic E-state index is 12.0. The first kappa shape index (κ1) is 13.5. The van der Waals surface area contributed by atoms with Crippen molar-refractivity contribution >= 4 is 15.6 Å². The summed E-state index contributed by atoms with van der Waals surface area (Å²) in [5.41, 5.74) is 1.47. The number of ketones is 1. The quantitative estimate of drug-likeness (QED) is 0.805. The smallest absolute Gasteiger partial charge is 0.175 e. The molecule has 0 heterocycles. The Bertz CT molecular complexity index is 671. The van der Waals surface area contributed by atoms with Crippen molar-refractivity contribution in [3.63, 3.8) is 0 Å². The van der Waals surface area contributed by atoms with E-state index in [0.717, 1.165) is 11.8 Å². The number of rotatable bonds is 4. The van der Waals surface area contributed by atoms with E-state index in [4.69, 9.17) is 0 Å². The summed E-state index contributed by atoms with van der Waals surface area (Å²) in [4.78, 5) is 12.3. The second kappa shape index (κ2) is 5.36. The lowest BCUT2D eigenvalue weighted by atomic mass is 10.0. The van der Waals surface area contributed by atoms with E-state index in [0.29, 0.717) is 12.0 Å². The van der Waals surface area contributed by atoms with Gasteiger partial charge in [0.25, 0.3) is 0 Å². The fourth-order valence-electron chi connectivity index (χ4n) is 1.77. The summed E-state index contributed by atoms with van der Waals surface area (Å²) in [5, 5.41) is 0. The Morgan fingerprint density at radius 2 is 1.53 bits per heavy atom. The van der Waals surface area contributed by atoms with E-state index < -0.39 is 9.84 Å². The Morgan fingerprint density at radius 3 is 2.05 bits per heavy atom. The van der Waals surface area contributed by atoms with Crippen LogP contribution in [0.2, 0.25) is 0 Å². The van der Waals surface area contributed by atoms with Crippen LogP contribution in [0.15, 0.2) is 59.5 Å². The maximum Gasteiger partial charge on any atom is 0.175 e. The summed E-state index contributed by atoms with van der Waals surface area (Å²) < 4.78 is 22.6.